The van der Waals surface area contributed by atoms with Crippen LogP contribution in [0.25, 0.3) is 12.2 Å². The molecule has 2 fully saturated rings. The Morgan fingerprint density at radius 2 is 0.769 bits per heavy atom. The van der Waals surface area contributed by atoms with Crippen molar-refractivity contribution in [3.8, 4) is 0 Å². The lowest BCUT2D eigenvalue weighted by atomic mass is 10.1. The third-order valence-electron chi connectivity index (χ3n) is 10.9. The summed E-state index contributed by atoms with van der Waals surface area (Å²) >= 11 is 0. The third kappa shape index (κ3) is 14.1. The molecule has 78 heavy (non-hydrogen) atoms. The van der Waals surface area contributed by atoms with Gasteiger partial charge in [0.25, 0.3) is 60.7 Å². The molecule has 2 aromatic heterocycles. The van der Waals surface area contributed by atoms with Crippen molar-refractivity contribution in [2.45, 2.75) is 29.4 Å². The van der Waals surface area contributed by atoms with E-state index in [1.54, 1.807) is 9.80 Å². The smallest absolute Gasteiger partial charge is 0.296 e. The average Bonchev–Trinajstić information content (AvgIpc) is 3.39. The Balaban J connectivity index is 1.20. The van der Waals surface area contributed by atoms with Crippen LogP contribution < -0.4 is 32.3 Å². The number of hydrogen-bond acceptors (Lipinski definition) is 22. The monoisotopic (exact) mass is 1200 g/mol. The van der Waals surface area contributed by atoms with E-state index in [4.69, 9.17) is 9.47 Å². The van der Waals surface area contributed by atoms with E-state index in [0.29, 0.717) is 36.4 Å². The molecule has 416 valence electrons. The number of anilines is 2. The quantitative estimate of drug-likeness (QED) is 0.0508. The van der Waals surface area contributed by atoms with Gasteiger partial charge in [-0.05, 0) is 71.8 Å². The van der Waals surface area contributed by atoms with E-state index in [9.17, 15) is 77.8 Å². The number of aromatic amines is 4. The molecule has 0 bridgehead atoms. The fraction of sp³-hybridized carbons (Fsp3) is 0.200. The number of aromatic nitrogens is 6. The molecule has 6 aromatic rings. The van der Waals surface area contributed by atoms with Crippen molar-refractivity contribution >= 4 is 108 Å². The summed E-state index contributed by atoms with van der Waals surface area (Å²) in [5, 5.41) is 0. The molecule has 0 amide bonds. The van der Waals surface area contributed by atoms with E-state index in [-0.39, 0.29) is 109 Å². The number of nitrogens with zero attached hydrogens (tertiary/aromatic N) is 8. The molecule has 0 atom stereocenters. The average molecular weight is 1200 g/mol. The van der Waals surface area contributed by atoms with Crippen LogP contribution in [0.5, 0.6) is 0 Å². The largest absolute Gasteiger partial charge is 0.378 e. The number of hydrogen-bond donors (Lipinski definition) is 10. The first-order valence-electron chi connectivity index (χ1n) is 21.7. The lowest BCUT2D eigenvalue weighted by Gasteiger charge is -2.26. The van der Waals surface area contributed by atoms with Gasteiger partial charge < -0.3 is 19.3 Å². The molecule has 0 aliphatic carbocycles. The Morgan fingerprint density at radius 3 is 1.09 bits per heavy atom. The number of nitrogens with one attached hydrogen (secondary N) is 4. The van der Waals surface area contributed by atoms with Gasteiger partial charge in [-0.2, -0.15) is 60.5 Å². The SMILES string of the molecule is O=S(=O)(O)c1ccc(S(=O)(=O)O)c(N=c2[nH]c(N3CCOCC3)nc(=Nc3ccc(/C=C/c4ccc(N=c5nc(N6CCOCC6)[nH]c(=Nc6cc(S(=O)(=O)O)ccc6S(=O)(=O)O)[nH]5)cc4S(=O)(=O)O)c(S(=O)(=O)O)c3)[nH]2)c1. The molecular weight excluding hydrogens is 1160 g/mol. The van der Waals surface area contributed by atoms with E-state index in [1.165, 1.54) is 12.1 Å². The van der Waals surface area contributed by atoms with Gasteiger partial charge in [0, 0.05) is 26.2 Å². The predicted molar refractivity (Wildman–Crippen MR) is 266 cm³/mol. The van der Waals surface area contributed by atoms with Gasteiger partial charge in [-0.3, -0.25) is 47.3 Å². The first kappa shape index (κ1) is 57.0. The van der Waals surface area contributed by atoms with Crippen LogP contribution in [0, 0.1) is 0 Å². The molecule has 8 rings (SSSR count). The van der Waals surface area contributed by atoms with Crippen LogP contribution in [-0.2, 0) is 70.2 Å². The maximum atomic E-state index is 12.9. The molecule has 2 aliphatic heterocycles. The van der Waals surface area contributed by atoms with E-state index in [0.717, 1.165) is 36.4 Å². The van der Waals surface area contributed by atoms with Gasteiger partial charge in [-0.25, -0.2) is 20.0 Å². The third-order valence-corrected chi connectivity index (χ3v) is 16.2. The zero-order chi connectivity index (χ0) is 56.6. The van der Waals surface area contributed by atoms with Crippen LogP contribution in [-0.4, -0.2) is 160 Å². The topological polar surface area (TPSA) is 490 Å². The maximum absolute atomic E-state index is 12.9. The van der Waals surface area contributed by atoms with Crippen molar-refractivity contribution in [1.29, 1.82) is 0 Å². The Kier molecular flexibility index (Phi) is 16.0. The van der Waals surface area contributed by atoms with Crippen LogP contribution in [0.2, 0.25) is 0 Å². The normalized spacial score (nSPS) is 16.4. The van der Waals surface area contributed by atoms with Crippen molar-refractivity contribution in [2.24, 2.45) is 20.0 Å². The van der Waals surface area contributed by atoms with E-state index < -0.39 is 101 Å². The van der Waals surface area contributed by atoms with Crippen LogP contribution in [0.3, 0.4) is 0 Å². The highest BCUT2D eigenvalue weighted by Crippen LogP contribution is 2.30. The number of ether oxygens (including phenoxy) is 2. The van der Waals surface area contributed by atoms with Crippen molar-refractivity contribution in [3.63, 3.8) is 0 Å². The summed E-state index contributed by atoms with van der Waals surface area (Å²) in [6, 6.07) is 10.7. The van der Waals surface area contributed by atoms with Gasteiger partial charge in [0.05, 0.1) is 59.0 Å². The second kappa shape index (κ2) is 21.9. The Hall–Kier alpha value is -7.18. The number of H-pyrrole nitrogens is 4. The summed E-state index contributed by atoms with van der Waals surface area (Å²) < 4.78 is 219. The standard InChI is InChI=1S/C40H40N12O20S6/c53-73(54,55)27-7-9-31(75(59,60)61)29(21-27)43-37-45-35(47-39(49-37)51-11-15-71-16-12-51)41-25-5-3-23(33(19-25)77(65,66)67)1-2-24-4-6-26(20-34(24)78(68,69)70)42-36-46-38(50-40(48-36)52-13-17-72-18-14-52)44-30-22-28(74(56,57)58)8-10-32(30)76(62,63)64/h1-10,19-22H,11-18H2,(H,53,54,55)(H,56,57,58)(H,59,60,61)(H,62,63,64)(H,65,66,67)(H,68,69,70)(H2,41,43,45,47,49)(H2,42,44,46,48,50)/b2-1+. The van der Waals surface area contributed by atoms with Gasteiger partial charge >= 0.3 is 0 Å². The van der Waals surface area contributed by atoms with Crippen molar-refractivity contribution in [3.05, 3.63) is 106 Å². The first-order chi connectivity index (χ1) is 36.4. The van der Waals surface area contributed by atoms with E-state index >= 15 is 0 Å². The summed E-state index contributed by atoms with van der Waals surface area (Å²) in [6.07, 6.45) is 2.14. The second-order valence-corrected chi connectivity index (χ2v) is 24.7. The van der Waals surface area contributed by atoms with Crippen LogP contribution in [0.1, 0.15) is 11.1 Å². The van der Waals surface area contributed by atoms with Crippen molar-refractivity contribution in [2.75, 3.05) is 62.4 Å². The molecule has 0 spiro atoms. The van der Waals surface area contributed by atoms with Crippen LogP contribution in [0.15, 0.2) is 122 Å². The molecule has 0 unspecified atom stereocenters. The molecule has 10 N–H and O–H groups in total. The van der Waals surface area contributed by atoms with Gasteiger partial charge in [0.2, 0.25) is 34.4 Å². The molecule has 2 aliphatic rings. The van der Waals surface area contributed by atoms with E-state index in [2.05, 4.69) is 49.9 Å². The Labute approximate surface area is 440 Å². The predicted octanol–water partition coefficient (Wildman–Crippen LogP) is 0.0424. The second-order valence-electron chi connectivity index (χ2n) is 16.2. The molecule has 2 saturated heterocycles. The van der Waals surface area contributed by atoms with Gasteiger partial charge in [0.15, 0.2) is 0 Å². The molecule has 4 heterocycles. The van der Waals surface area contributed by atoms with Crippen LogP contribution in [0.4, 0.5) is 34.6 Å². The highest BCUT2D eigenvalue weighted by molar-refractivity contribution is 7.87. The minimum atomic E-state index is -5.13. The Bertz CT molecular complexity index is 4150. The van der Waals surface area contributed by atoms with Crippen LogP contribution >= 0.6 is 0 Å². The zero-order valence-electron chi connectivity index (χ0n) is 39.2. The summed E-state index contributed by atoms with van der Waals surface area (Å²) in [5.74, 6) is 0.0660. The fourth-order valence-electron chi connectivity index (χ4n) is 7.36. The van der Waals surface area contributed by atoms with Crippen molar-refractivity contribution < 1.29 is 87.3 Å². The van der Waals surface area contributed by atoms with E-state index in [1.807, 2.05) is 0 Å². The summed E-state index contributed by atoms with van der Waals surface area (Å²) in [6.45, 7) is 1.98. The lowest BCUT2D eigenvalue weighted by molar-refractivity contribution is 0.122. The minimum absolute atomic E-state index is 0.0330. The molecule has 38 heteroatoms. The first-order valence-corrected chi connectivity index (χ1v) is 30.4. The molecular formula is C40H40N12O20S6. The number of benzene rings is 4. The highest BCUT2D eigenvalue weighted by Gasteiger charge is 2.24. The highest BCUT2D eigenvalue weighted by atomic mass is 32.2. The summed E-state index contributed by atoms with van der Waals surface area (Å²) in [5.41, 5.74) is -3.67. The molecule has 4 aromatic carbocycles. The maximum Gasteiger partial charge on any atom is 0.296 e. The summed E-state index contributed by atoms with van der Waals surface area (Å²) in [4.78, 5) is 34.9. The molecule has 0 radical (unpaired) electrons. The fourth-order valence-corrected chi connectivity index (χ4v) is 11.0. The molecule has 0 saturated carbocycles. The minimum Gasteiger partial charge on any atom is -0.378 e. The molecule has 32 nitrogen and oxygen atoms in total. The summed E-state index contributed by atoms with van der Waals surface area (Å²) in [7, 11) is -30.2. The zero-order valence-corrected chi connectivity index (χ0v) is 44.1. The lowest BCUT2D eigenvalue weighted by Crippen LogP contribution is -2.40. The number of rotatable bonds is 14. The van der Waals surface area contributed by atoms with Gasteiger partial charge in [-0.15, -0.1) is 0 Å². The number of morpholine rings is 2. The van der Waals surface area contributed by atoms with Gasteiger partial charge in [-0.1, -0.05) is 24.3 Å². The van der Waals surface area contributed by atoms with Crippen molar-refractivity contribution in [1.82, 2.24) is 29.9 Å². The van der Waals surface area contributed by atoms with Gasteiger partial charge in [0.1, 0.15) is 19.6 Å². The Morgan fingerprint density at radius 1 is 0.423 bits per heavy atom.